The predicted molar refractivity (Wildman–Crippen MR) is 69.5 cm³/mol. The van der Waals surface area contributed by atoms with E-state index >= 15 is 0 Å². The number of likely N-dealkylation sites (tertiary alicyclic amines) is 1. The van der Waals surface area contributed by atoms with E-state index in [0.29, 0.717) is 12.3 Å². The molecule has 6 heteroatoms. The van der Waals surface area contributed by atoms with Crippen molar-refractivity contribution < 1.29 is 19.1 Å². The molecule has 6 nitrogen and oxygen atoms in total. The Morgan fingerprint density at radius 2 is 2.42 bits per heavy atom. The van der Waals surface area contributed by atoms with Crippen molar-refractivity contribution in [1.82, 2.24) is 10.2 Å². The first-order chi connectivity index (χ1) is 9.19. The first-order valence-corrected chi connectivity index (χ1v) is 6.21. The Hall–Kier alpha value is -1.82. The first kappa shape index (κ1) is 15.2. The number of nitrogens with zero attached hydrogens (tertiary/aromatic N) is 1. The maximum atomic E-state index is 11.2. The molecule has 0 aliphatic carbocycles. The maximum Gasteiger partial charge on any atom is 0.290 e. The fourth-order valence-electron chi connectivity index (χ4n) is 2.23. The lowest BCUT2D eigenvalue weighted by molar-refractivity contribution is -0.123. The number of nitrogens with one attached hydrogen (secondary N) is 1. The second-order valence-electron chi connectivity index (χ2n) is 4.50. The monoisotopic (exact) mass is 268 g/mol. The third-order valence-electron chi connectivity index (χ3n) is 3.11. The lowest BCUT2D eigenvalue weighted by atomic mass is 10.0. The molecule has 1 aromatic rings. The van der Waals surface area contributed by atoms with Gasteiger partial charge in [-0.2, -0.15) is 0 Å². The SMILES string of the molecule is CNC(=O)CC1CCN(Cc2ccoc2)C1.O=CO. The standard InChI is InChI=1S/C12H18N2O2.CH2O2/c1-13-12(15)6-10-2-4-14(7-10)8-11-3-5-16-9-11;2-1-3/h3,5,9-10H,2,4,6-8H2,1H3,(H,13,15);1H,(H,2,3). The molecule has 1 amide bonds. The summed E-state index contributed by atoms with van der Waals surface area (Å²) in [5.74, 6) is 0.655. The Kier molecular flexibility index (Phi) is 6.67. The lowest BCUT2D eigenvalue weighted by Crippen LogP contribution is -2.24. The zero-order chi connectivity index (χ0) is 14.1. The van der Waals surface area contributed by atoms with E-state index < -0.39 is 0 Å². The van der Waals surface area contributed by atoms with E-state index in [1.807, 2.05) is 6.07 Å². The molecule has 1 saturated heterocycles. The number of furan rings is 1. The quantitative estimate of drug-likeness (QED) is 0.794. The molecule has 0 spiro atoms. The second kappa shape index (κ2) is 8.31. The van der Waals surface area contributed by atoms with Crippen LogP contribution in [0.5, 0.6) is 0 Å². The Morgan fingerprint density at radius 3 is 3.00 bits per heavy atom. The van der Waals surface area contributed by atoms with Gasteiger partial charge in [-0.1, -0.05) is 0 Å². The van der Waals surface area contributed by atoms with Gasteiger partial charge in [-0.05, 0) is 24.9 Å². The van der Waals surface area contributed by atoms with Gasteiger partial charge < -0.3 is 14.8 Å². The molecule has 2 N–H and O–H groups in total. The minimum absolute atomic E-state index is 0.148. The molecule has 0 aromatic carbocycles. The van der Waals surface area contributed by atoms with Crippen molar-refractivity contribution in [2.75, 3.05) is 20.1 Å². The predicted octanol–water partition coefficient (Wildman–Crippen LogP) is 0.938. The van der Waals surface area contributed by atoms with Crippen LogP contribution in [-0.4, -0.2) is 42.5 Å². The number of hydrogen-bond acceptors (Lipinski definition) is 4. The van der Waals surface area contributed by atoms with Gasteiger partial charge >= 0.3 is 0 Å². The van der Waals surface area contributed by atoms with Gasteiger partial charge in [0.05, 0.1) is 12.5 Å². The van der Waals surface area contributed by atoms with Crippen LogP contribution in [0, 0.1) is 5.92 Å². The average Bonchev–Trinajstić information content (AvgIpc) is 3.03. The summed E-state index contributed by atoms with van der Waals surface area (Å²) in [6.07, 6.45) is 5.25. The van der Waals surface area contributed by atoms with Gasteiger partial charge in [0.2, 0.25) is 5.91 Å². The molecule has 1 aromatic heterocycles. The molecule has 2 rings (SSSR count). The Morgan fingerprint density at radius 1 is 1.68 bits per heavy atom. The van der Waals surface area contributed by atoms with E-state index in [1.165, 1.54) is 5.56 Å². The minimum Gasteiger partial charge on any atom is -0.483 e. The number of amides is 1. The van der Waals surface area contributed by atoms with E-state index in [1.54, 1.807) is 19.6 Å². The van der Waals surface area contributed by atoms with E-state index in [-0.39, 0.29) is 12.4 Å². The van der Waals surface area contributed by atoms with Crippen molar-refractivity contribution in [3.05, 3.63) is 24.2 Å². The van der Waals surface area contributed by atoms with Gasteiger partial charge in [0.25, 0.3) is 6.47 Å². The van der Waals surface area contributed by atoms with Crippen LogP contribution in [-0.2, 0) is 16.1 Å². The van der Waals surface area contributed by atoms with Crippen LogP contribution < -0.4 is 5.32 Å². The lowest BCUT2D eigenvalue weighted by Gasteiger charge is -2.14. The molecule has 0 radical (unpaired) electrons. The fourth-order valence-corrected chi connectivity index (χ4v) is 2.23. The molecule has 2 heterocycles. The van der Waals surface area contributed by atoms with Gasteiger partial charge in [0.15, 0.2) is 0 Å². The normalized spacial score (nSPS) is 18.5. The van der Waals surface area contributed by atoms with Crippen molar-refractivity contribution in [2.45, 2.75) is 19.4 Å². The summed E-state index contributed by atoms with van der Waals surface area (Å²) < 4.78 is 5.04. The summed E-state index contributed by atoms with van der Waals surface area (Å²) in [5.41, 5.74) is 1.21. The van der Waals surface area contributed by atoms with Crippen molar-refractivity contribution in [1.29, 1.82) is 0 Å². The summed E-state index contributed by atoms with van der Waals surface area (Å²) >= 11 is 0. The second-order valence-corrected chi connectivity index (χ2v) is 4.50. The highest BCUT2D eigenvalue weighted by molar-refractivity contribution is 5.75. The van der Waals surface area contributed by atoms with Gasteiger partial charge in [-0.3, -0.25) is 14.5 Å². The summed E-state index contributed by atoms with van der Waals surface area (Å²) in [7, 11) is 1.69. The Labute approximate surface area is 112 Å². The molecule has 0 saturated carbocycles. The van der Waals surface area contributed by atoms with Crippen LogP contribution in [0.1, 0.15) is 18.4 Å². The zero-order valence-corrected chi connectivity index (χ0v) is 11.0. The number of carbonyl (C=O) groups is 2. The Balaban J connectivity index is 0.000000550. The smallest absolute Gasteiger partial charge is 0.290 e. The average molecular weight is 268 g/mol. The van der Waals surface area contributed by atoms with E-state index in [2.05, 4.69) is 10.2 Å². The summed E-state index contributed by atoms with van der Waals surface area (Å²) in [6, 6.07) is 1.99. The molecule has 106 valence electrons. The van der Waals surface area contributed by atoms with Gasteiger partial charge in [-0.15, -0.1) is 0 Å². The highest BCUT2D eigenvalue weighted by atomic mass is 16.3. The molecule has 19 heavy (non-hydrogen) atoms. The van der Waals surface area contributed by atoms with Crippen LogP contribution in [0.25, 0.3) is 0 Å². The summed E-state index contributed by atoms with van der Waals surface area (Å²) in [5, 5.41) is 9.57. The first-order valence-electron chi connectivity index (χ1n) is 6.21. The van der Waals surface area contributed by atoms with Crippen molar-refractivity contribution in [3.8, 4) is 0 Å². The largest absolute Gasteiger partial charge is 0.483 e. The molecular weight excluding hydrogens is 248 g/mol. The molecule has 1 atom stereocenters. The molecule has 1 aliphatic rings. The van der Waals surface area contributed by atoms with Gasteiger partial charge in [-0.25, -0.2) is 0 Å². The van der Waals surface area contributed by atoms with Crippen LogP contribution in [0.4, 0.5) is 0 Å². The summed E-state index contributed by atoms with van der Waals surface area (Å²) in [4.78, 5) is 22.0. The highest BCUT2D eigenvalue weighted by Crippen LogP contribution is 2.21. The van der Waals surface area contributed by atoms with E-state index in [4.69, 9.17) is 14.3 Å². The molecule has 1 fully saturated rings. The molecule has 0 bridgehead atoms. The molecule has 1 aliphatic heterocycles. The van der Waals surface area contributed by atoms with Gasteiger partial charge in [0, 0.05) is 32.1 Å². The van der Waals surface area contributed by atoms with Crippen LogP contribution in [0.15, 0.2) is 23.0 Å². The number of hydrogen-bond donors (Lipinski definition) is 2. The van der Waals surface area contributed by atoms with Gasteiger partial charge in [0.1, 0.15) is 0 Å². The van der Waals surface area contributed by atoms with Crippen LogP contribution in [0.2, 0.25) is 0 Å². The van der Waals surface area contributed by atoms with Crippen LogP contribution in [0.3, 0.4) is 0 Å². The third kappa shape index (κ3) is 5.56. The Bertz CT molecular complexity index is 378. The summed E-state index contributed by atoms with van der Waals surface area (Å²) in [6.45, 7) is 2.77. The number of rotatable bonds is 4. The fraction of sp³-hybridized carbons (Fsp3) is 0.538. The van der Waals surface area contributed by atoms with Crippen LogP contribution >= 0.6 is 0 Å². The highest BCUT2D eigenvalue weighted by Gasteiger charge is 2.24. The minimum atomic E-state index is -0.250. The number of carboxylic acid groups (broad SMARTS) is 1. The van der Waals surface area contributed by atoms with Crippen molar-refractivity contribution in [2.24, 2.45) is 5.92 Å². The third-order valence-corrected chi connectivity index (χ3v) is 3.11. The topological polar surface area (TPSA) is 82.8 Å². The maximum absolute atomic E-state index is 11.2. The molecule has 1 unspecified atom stereocenters. The molecular formula is C13H20N2O4. The van der Waals surface area contributed by atoms with Crippen molar-refractivity contribution >= 4 is 12.4 Å². The number of carbonyl (C=O) groups excluding carboxylic acids is 1. The zero-order valence-electron chi connectivity index (χ0n) is 11.0. The van der Waals surface area contributed by atoms with Crippen molar-refractivity contribution in [3.63, 3.8) is 0 Å². The van der Waals surface area contributed by atoms with E-state index in [0.717, 1.165) is 26.1 Å². The van der Waals surface area contributed by atoms with E-state index in [9.17, 15) is 4.79 Å².